The van der Waals surface area contributed by atoms with E-state index in [-0.39, 0.29) is 128 Å². The van der Waals surface area contributed by atoms with E-state index < -0.39 is 98.0 Å². The Morgan fingerprint density at radius 3 is 1.04 bits per heavy atom. The van der Waals surface area contributed by atoms with Crippen LogP contribution >= 0.6 is 34.0 Å². The molecule has 136 heavy (non-hydrogen) atoms. The van der Waals surface area contributed by atoms with Gasteiger partial charge in [-0.15, -0.1) is 34.0 Å². The molecule has 9 heterocycles. The van der Waals surface area contributed by atoms with Crippen molar-refractivity contribution >= 4 is 121 Å². The molecule has 9 rings (SSSR count). The standard InChI is InChI=1S/C40H72N2O6SSi2.C38H68N2O5SSi2.C28H44N2O6S/c1-13-50(14-2,15-3)47-36-26-37(44)46-35(29(8)24-32-27-49-31(10)41-32)25-34-33(42(34)22-23-43)21-19-20-28(7)38(30(9)39(45)40(36,11)12)48-51(16-4,17-5)18-6;1-13-47(14-2,15-3)44-34-24-35(41)43-33(27(8)22-30-25-46-29(10)39-30)23-32-31(40-32)21-19-20-26(7)36(28(9)37(42)38(34,11)12)45-48(16-4,17-5)18-6;1-16-8-7-9-21-22(30(21)10-11-31)13-23(17(2)12-20-15-37-19(4)29-20)36-25(33)14-24(32)28(5,6)27(35)18(3)26(16)34/h24,27-28,30,33-36,38,43H,13-23,25-26H2,1-12H3;22,25-26,28,31-34,36,40H,13-21,23-24H2,1-12H3;12,15-16,18,21-24,26,31-32,34H,7-11,13-14H2,1-6H3/b29-24+;27-22+;17-12+/t28-,30+,33?,34?,35-,36-,38-,42?;26-,28+,31?,32?,33-,34-,36-;16-,18+,21?,22?,23-,24-,26-,30?/m000/s1. The lowest BCUT2D eigenvalue weighted by Crippen LogP contribution is -2.53. The van der Waals surface area contributed by atoms with Crippen LogP contribution in [0.5, 0.6) is 0 Å². The molecular formula is C106H184N6O17S3Si4. The van der Waals surface area contributed by atoms with Crippen molar-refractivity contribution in [3.63, 3.8) is 0 Å². The molecule has 0 bridgehead atoms. The Bertz CT molecular complexity index is 4310. The normalized spacial score (nSPS) is 31.6. The number of rotatable bonds is 30. The van der Waals surface area contributed by atoms with Gasteiger partial charge in [0, 0.05) is 113 Å². The van der Waals surface area contributed by atoms with Gasteiger partial charge in [-0.1, -0.05) is 185 Å². The number of nitrogens with one attached hydrogen (secondary N) is 1. The first-order valence-corrected chi connectivity index (χ1v) is 65.4. The molecule has 23 nitrogen and oxygen atoms in total. The van der Waals surface area contributed by atoms with E-state index in [1.807, 2.05) is 104 Å². The molecule has 5 N–H and O–H groups in total. The second-order valence-corrected chi connectivity index (χ2v) is 65.2. The molecule has 6 aliphatic heterocycles. The average Bonchev–Trinajstić information content (AvgIpc) is 1.63. The van der Waals surface area contributed by atoms with Crippen LogP contribution in [-0.2, 0) is 60.7 Å². The summed E-state index contributed by atoms with van der Waals surface area (Å²) in [6, 6.07) is 13.5. The molecule has 0 saturated carbocycles. The first-order chi connectivity index (χ1) is 64.1. The van der Waals surface area contributed by atoms with E-state index in [0.717, 1.165) is 186 Å². The molecule has 3 aromatic rings. The van der Waals surface area contributed by atoms with Gasteiger partial charge in [0.05, 0.1) is 107 Å². The van der Waals surface area contributed by atoms with E-state index in [1.165, 1.54) is 0 Å². The highest BCUT2D eigenvalue weighted by Gasteiger charge is 2.55. The fourth-order valence-electron chi connectivity index (χ4n) is 22.2. The summed E-state index contributed by atoms with van der Waals surface area (Å²) in [6.07, 6.45) is 11.5. The predicted molar refractivity (Wildman–Crippen MR) is 565 cm³/mol. The molecule has 0 amide bonds. The van der Waals surface area contributed by atoms with Crippen LogP contribution in [0.2, 0.25) is 72.5 Å². The second kappa shape index (κ2) is 53.7. The number of Topliss-reactive ketones (excluding diaryl/α,β-unsaturated/α-hetero) is 3. The number of carbonyl (C=O) groups excluding carboxylic acids is 6. The fraction of sp³-hybridized carbons (Fsp3) is 0.802. The van der Waals surface area contributed by atoms with Gasteiger partial charge in [0.1, 0.15) is 35.7 Å². The van der Waals surface area contributed by atoms with Gasteiger partial charge < -0.3 is 57.7 Å². The highest BCUT2D eigenvalue weighted by molar-refractivity contribution is 7.10. The average molecular weight is 2020 g/mol. The highest BCUT2D eigenvalue weighted by atomic mass is 32.1. The van der Waals surface area contributed by atoms with E-state index in [1.54, 1.807) is 54.8 Å². The van der Waals surface area contributed by atoms with Gasteiger partial charge in [-0.3, -0.25) is 38.6 Å². The lowest BCUT2D eigenvalue weighted by atomic mass is 9.73. The van der Waals surface area contributed by atoms with E-state index >= 15 is 0 Å². The molecule has 6 aliphatic rings. The quantitative estimate of drug-likeness (QED) is 0.0179. The van der Waals surface area contributed by atoms with Crippen molar-refractivity contribution in [1.29, 1.82) is 0 Å². The summed E-state index contributed by atoms with van der Waals surface area (Å²) in [6.45, 7) is 63.6. The molecule has 0 spiro atoms. The van der Waals surface area contributed by atoms with Crippen LogP contribution in [0.15, 0.2) is 32.9 Å². The first-order valence-electron chi connectivity index (χ1n) is 52.7. The van der Waals surface area contributed by atoms with Crippen LogP contribution in [0.1, 0.15) is 315 Å². The van der Waals surface area contributed by atoms with Crippen LogP contribution in [0.25, 0.3) is 18.2 Å². The Morgan fingerprint density at radius 2 is 0.721 bits per heavy atom. The Labute approximate surface area is 836 Å². The number of fused-ring (bicyclic) bond motifs is 3. The van der Waals surface area contributed by atoms with E-state index in [2.05, 4.69) is 147 Å². The number of hydrogen-bond acceptors (Lipinski definition) is 26. The van der Waals surface area contributed by atoms with Crippen LogP contribution in [0.3, 0.4) is 0 Å². The topological polar surface area (TPSA) is 315 Å². The number of aliphatic hydroxyl groups is 4. The summed E-state index contributed by atoms with van der Waals surface area (Å²) >= 11 is 4.78. The molecule has 3 aromatic heterocycles. The Hall–Kier alpha value is -4.04. The van der Waals surface area contributed by atoms with Gasteiger partial charge in [-0.05, 0) is 205 Å². The Kier molecular flexibility index (Phi) is 46.9. The summed E-state index contributed by atoms with van der Waals surface area (Å²) in [5.41, 5.74) is 2.36. The predicted octanol–water partition coefficient (Wildman–Crippen LogP) is 22.5. The number of ether oxygens (including phenoxy) is 3. The number of aromatic nitrogens is 3. The molecule has 0 aromatic carbocycles. The SMILES string of the molecule is C/C(=C\c1csc(C)n1)[C@@H]1CC2C(CCC[C@H](C)[C@H](O)[C@@H](C)C(=O)C(C)(C)[C@@H](O)CC(=O)O1)N2CCO.CC[Si](CC)(CC)O[C@H]1[C@@H](C)CCCC2C(C[C@@H](/C(C)=C/c3csc(C)n3)OC(=O)C[C@H](O[Si](CC)(CC)CC)C(C)(C)C(=O)[C@@H]1C)N2CCO.CC[Si](CC)(CC)O[C@H]1[C@@H](C)CCCC2NC2C[C@@H](/C(C)=C/c2csc(C)n2)OC(=O)C[C@H](O[Si](CC)(CC)CC)C(C)(C)C(=O)[C@@H]1C. The molecule has 6 saturated heterocycles. The summed E-state index contributed by atoms with van der Waals surface area (Å²) in [4.78, 5) is 103. The van der Waals surface area contributed by atoms with E-state index in [0.29, 0.717) is 44.1 Å². The maximum absolute atomic E-state index is 15.0. The van der Waals surface area contributed by atoms with Crippen LogP contribution in [-0.4, -0.2) is 231 Å². The molecule has 0 aliphatic carbocycles. The first kappa shape index (κ1) is 119. The number of cyclic esters (lactones) is 3. The van der Waals surface area contributed by atoms with Crippen molar-refractivity contribution in [3.05, 3.63) is 65.0 Å². The molecular weight excluding hydrogens is 1840 g/mol. The third-order valence-corrected chi connectivity index (χ3v) is 54.3. The second-order valence-electron chi connectivity index (χ2n) is 43.1. The minimum atomic E-state index is -2.23. The van der Waals surface area contributed by atoms with Crippen molar-refractivity contribution in [3.8, 4) is 0 Å². The number of ketones is 3. The van der Waals surface area contributed by atoms with Gasteiger partial charge in [0.25, 0.3) is 0 Å². The Morgan fingerprint density at radius 1 is 0.419 bits per heavy atom. The van der Waals surface area contributed by atoms with Gasteiger partial charge in [-0.25, -0.2) is 15.0 Å². The zero-order valence-corrected chi connectivity index (χ0v) is 96.0. The molecule has 8 unspecified atom stereocenters. The number of thiazole rings is 3. The van der Waals surface area contributed by atoms with Gasteiger partial charge >= 0.3 is 17.9 Å². The third-order valence-electron chi connectivity index (χ3n) is 33.3. The summed E-state index contributed by atoms with van der Waals surface area (Å²) in [5, 5.41) is 54.0. The lowest BCUT2D eigenvalue weighted by Gasteiger charge is -2.44. The summed E-state index contributed by atoms with van der Waals surface area (Å²) in [5.74, 6) is -2.16. The van der Waals surface area contributed by atoms with Gasteiger partial charge in [0.15, 0.2) is 33.3 Å². The zero-order chi connectivity index (χ0) is 102. The maximum Gasteiger partial charge on any atom is 0.309 e. The molecule has 774 valence electrons. The molecule has 6 fully saturated rings. The number of aliphatic hydroxyl groups excluding tert-OH is 4. The number of carbonyl (C=O) groups is 6. The van der Waals surface area contributed by atoms with Crippen LogP contribution in [0, 0.1) is 72.5 Å². The smallest absolute Gasteiger partial charge is 0.309 e. The van der Waals surface area contributed by atoms with Crippen molar-refractivity contribution in [1.82, 2.24) is 30.1 Å². The largest absolute Gasteiger partial charge is 0.458 e. The minimum Gasteiger partial charge on any atom is -0.458 e. The van der Waals surface area contributed by atoms with E-state index in [9.17, 15) is 49.2 Å². The Balaban J connectivity index is 0.000000281. The number of nitrogens with zero attached hydrogens (tertiary/aromatic N) is 5. The van der Waals surface area contributed by atoms with Crippen molar-refractivity contribution in [2.24, 2.45) is 51.8 Å². The number of aryl methyl sites for hydroxylation is 3. The molecule has 30 heteroatoms. The monoisotopic (exact) mass is 2020 g/mol. The number of hydrogen-bond donors (Lipinski definition) is 5. The summed E-state index contributed by atoms with van der Waals surface area (Å²) < 4.78 is 47.6. The lowest BCUT2D eigenvalue weighted by molar-refractivity contribution is -0.156. The van der Waals surface area contributed by atoms with Crippen molar-refractivity contribution in [2.45, 2.75) is 468 Å². The van der Waals surface area contributed by atoms with Crippen LogP contribution in [0.4, 0.5) is 0 Å². The zero-order valence-electron chi connectivity index (χ0n) is 89.6. The van der Waals surface area contributed by atoms with Crippen molar-refractivity contribution in [2.75, 3.05) is 26.3 Å². The minimum absolute atomic E-state index is 0.0207. The van der Waals surface area contributed by atoms with Gasteiger partial charge in [-0.2, -0.15) is 0 Å². The maximum atomic E-state index is 15.0. The fourth-order valence-corrected chi connectivity index (χ4v) is 35.9. The number of esters is 3. The highest BCUT2D eigenvalue weighted by Crippen LogP contribution is 2.47. The van der Waals surface area contributed by atoms with Crippen LogP contribution < -0.4 is 5.32 Å². The molecule has 0 radical (unpaired) electrons. The summed E-state index contributed by atoms with van der Waals surface area (Å²) in [7, 11) is -8.45. The molecule has 23 atom stereocenters. The van der Waals surface area contributed by atoms with Crippen molar-refractivity contribution < 1.29 is 81.1 Å². The van der Waals surface area contributed by atoms with Gasteiger partial charge in [0.2, 0.25) is 0 Å². The van der Waals surface area contributed by atoms with E-state index in [4.69, 9.17) is 31.9 Å². The third kappa shape index (κ3) is 31.7. The number of β-amino-alcohol motifs (C(OH)–C–C–N with tert-alkyl or cyclic N) is 2.